The fraction of sp³-hybridized carbons (Fsp3) is 0.500. The molecule has 0 N–H and O–H groups in total. The Hall–Kier alpha value is -1.12. The highest BCUT2D eigenvalue weighted by atomic mass is 16.1. The van der Waals surface area contributed by atoms with Crippen molar-refractivity contribution in [2.75, 3.05) is 0 Å². The first kappa shape index (κ1) is 6.58. The summed E-state index contributed by atoms with van der Waals surface area (Å²) in [5.74, 6) is 0.215. The normalized spacial score (nSPS) is 21.7. The minimum Gasteiger partial charge on any atom is -0.298 e. The fourth-order valence-corrected chi connectivity index (χ4v) is 1.60. The molecule has 1 aliphatic heterocycles. The topological polar surface area (TPSA) is 34.9 Å². The lowest BCUT2D eigenvalue weighted by Gasteiger charge is -2.05. The molecule has 0 fully saturated rings. The second-order valence-electron chi connectivity index (χ2n) is 2.93. The molecule has 2 rings (SSSR count). The number of aromatic nitrogens is 2. The summed E-state index contributed by atoms with van der Waals surface area (Å²) in [6.07, 6.45) is 3.67. The van der Waals surface area contributed by atoms with Crippen molar-refractivity contribution in [1.29, 1.82) is 0 Å². The molecule has 1 atom stereocenters. The van der Waals surface area contributed by atoms with E-state index in [0.29, 0.717) is 0 Å². The molecule has 58 valence electrons. The second kappa shape index (κ2) is 2.19. The zero-order valence-corrected chi connectivity index (χ0v) is 6.45. The summed E-state index contributed by atoms with van der Waals surface area (Å²) in [5, 5.41) is 4.10. The first-order valence-corrected chi connectivity index (χ1v) is 3.82. The number of carbonyl (C=O) groups is 1. The molecule has 0 aromatic carbocycles. The van der Waals surface area contributed by atoms with E-state index in [4.69, 9.17) is 0 Å². The molecule has 0 aliphatic carbocycles. The number of aryl methyl sites for hydroxylation is 1. The van der Waals surface area contributed by atoms with Crippen LogP contribution in [0.5, 0.6) is 0 Å². The van der Waals surface area contributed by atoms with Crippen LogP contribution in [0.25, 0.3) is 0 Å². The molecule has 0 saturated carbocycles. The van der Waals surface area contributed by atoms with Gasteiger partial charge in [-0.05, 0) is 25.8 Å². The Bertz CT molecular complexity index is 290. The molecular weight excluding hydrogens is 140 g/mol. The quantitative estimate of drug-likeness (QED) is 0.597. The van der Waals surface area contributed by atoms with E-state index in [-0.39, 0.29) is 11.8 Å². The number of Topliss-reactive ketones (excluding diaryl/α,β-unsaturated/α-hetero) is 1. The molecule has 0 amide bonds. The number of nitrogens with zero attached hydrogens (tertiary/aromatic N) is 2. The zero-order valence-electron chi connectivity index (χ0n) is 6.45. The molecule has 0 radical (unpaired) electrons. The molecule has 0 bridgehead atoms. The van der Waals surface area contributed by atoms with Crippen LogP contribution in [0.2, 0.25) is 0 Å². The van der Waals surface area contributed by atoms with Gasteiger partial charge in [0.15, 0.2) is 5.78 Å². The molecule has 2 heterocycles. The van der Waals surface area contributed by atoms with Gasteiger partial charge in [-0.2, -0.15) is 5.10 Å². The van der Waals surface area contributed by atoms with E-state index in [1.165, 1.54) is 5.69 Å². The first-order valence-electron chi connectivity index (χ1n) is 3.82. The molecule has 0 spiro atoms. The summed E-state index contributed by atoms with van der Waals surface area (Å²) in [4.78, 5) is 11.0. The van der Waals surface area contributed by atoms with Gasteiger partial charge in [0.05, 0.1) is 0 Å². The van der Waals surface area contributed by atoms with Gasteiger partial charge in [0, 0.05) is 11.9 Å². The van der Waals surface area contributed by atoms with Gasteiger partial charge in [-0.3, -0.25) is 9.48 Å². The van der Waals surface area contributed by atoms with Crippen LogP contribution in [0.4, 0.5) is 0 Å². The van der Waals surface area contributed by atoms with Crippen molar-refractivity contribution in [2.24, 2.45) is 0 Å². The van der Waals surface area contributed by atoms with Crippen molar-refractivity contribution in [1.82, 2.24) is 9.78 Å². The molecule has 1 unspecified atom stereocenters. The highest BCUT2D eigenvalue weighted by molar-refractivity contribution is 5.80. The summed E-state index contributed by atoms with van der Waals surface area (Å²) in [6, 6.07) is 1.99. The van der Waals surface area contributed by atoms with Gasteiger partial charge in [0.2, 0.25) is 0 Å². The number of fused-ring (bicyclic) bond motifs is 1. The van der Waals surface area contributed by atoms with Crippen LogP contribution < -0.4 is 0 Å². The van der Waals surface area contributed by atoms with E-state index in [2.05, 4.69) is 5.10 Å². The van der Waals surface area contributed by atoms with Crippen molar-refractivity contribution >= 4 is 5.78 Å². The molecule has 3 heteroatoms. The molecule has 3 nitrogen and oxygen atoms in total. The van der Waals surface area contributed by atoms with Crippen molar-refractivity contribution < 1.29 is 4.79 Å². The van der Waals surface area contributed by atoms with E-state index >= 15 is 0 Å². The highest BCUT2D eigenvalue weighted by Crippen LogP contribution is 2.24. The minimum atomic E-state index is 0.0139. The maximum atomic E-state index is 11.0. The number of ketones is 1. The largest absolute Gasteiger partial charge is 0.298 e. The van der Waals surface area contributed by atoms with Crippen LogP contribution in [0, 0.1) is 0 Å². The molecule has 1 aromatic heterocycles. The zero-order chi connectivity index (χ0) is 7.84. The second-order valence-corrected chi connectivity index (χ2v) is 2.93. The maximum Gasteiger partial charge on any atom is 0.154 e. The highest BCUT2D eigenvalue weighted by Gasteiger charge is 2.25. The summed E-state index contributed by atoms with van der Waals surface area (Å²) in [7, 11) is 0. The third-order valence-electron chi connectivity index (χ3n) is 2.19. The van der Waals surface area contributed by atoms with Crippen LogP contribution in [-0.2, 0) is 11.2 Å². The van der Waals surface area contributed by atoms with Crippen LogP contribution in [0.1, 0.15) is 25.1 Å². The van der Waals surface area contributed by atoms with Crippen molar-refractivity contribution in [3.63, 3.8) is 0 Å². The number of hydrogen-bond donors (Lipinski definition) is 0. The molecular formula is C8H10N2O. The lowest BCUT2D eigenvalue weighted by Crippen LogP contribution is -2.13. The van der Waals surface area contributed by atoms with Gasteiger partial charge >= 0.3 is 0 Å². The molecule has 11 heavy (non-hydrogen) atoms. The molecule has 0 saturated heterocycles. The summed E-state index contributed by atoms with van der Waals surface area (Å²) >= 11 is 0. The Kier molecular flexibility index (Phi) is 1.31. The van der Waals surface area contributed by atoms with Crippen LogP contribution in [-0.4, -0.2) is 15.6 Å². The summed E-state index contributed by atoms with van der Waals surface area (Å²) in [5.41, 5.74) is 1.19. The van der Waals surface area contributed by atoms with E-state index in [9.17, 15) is 4.79 Å². The number of carbonyl (C=O) groups excluding carboxylic acids is 1. The van der Waals surface area contributed by atoms with Crippen LogP contribution >= 0.6 is 0 Å². The summed E-state index contributed by atoms with van der Waals surface area (Å²) in [6.45, 7) is 1.63. The maximum absolute atomic E-state index is 11.0. The van der Waals surface area contributed by atoms with Gasteiger partial charge in [-0.15, -0.1) is 0 Å². The van der Waals surface area contributed by atoms with Crippen LogP contribution in [0.3, 0.4) is 0 Å². The van der Waals surface area contributed by atoms with Gasteiger partial charge in [-0.25, -0.2) is 0 Å². The van der Waals surface area contributed by atoms with E-state index in [1.54, 1.807) is 13.1 Å². The SMILES string of the molecule is CC(=O)C1CCc2ccnn21. The number of rotatable bonds is 1. The van der Waals surface area contributed by atoms with E-state index in [1.807, 2.05) is 10.7 Å². The third kappa shape index (κ3) is 0.878. The average Bonchev–Trinajstić information content (AvgIpc) is 2.41. The average molecular weight is 150 g/mol. The number of hydrogen-bond acceptors (Lipinski definition) is 2. The van der Waals surface area contributed by atoms with Crippen LogP contribution in [0.15, 0.2) is 12.3 Å². The third-order valence-corrected chi connectivity index (χ3v) is 2.19. The Morgan fingerprint density at radius 1 is 1.82 bits per heavy atom. The minimum absolute atomic E-state index is 0.0139. The standard InChI is InChI=1S/C8H10N2O/c1-6(11)8-3-2-7-4-5-9-10(7)8/h4-5,8H,2-3H2,1H3. The summed E-state index contributed by atoms with van der Waals surface area (Å²) < 4.78 is 1.84. The lowest BCUT2D eigenvalue weighted by atomic mass is 10.1. The van der Waals surface area contributed by atoms with Gasteiger partial charge < -0.3 is 0 Å². The van der Waals surface area contributed by atoms with Crippen molar-refractivity contribution in [3.05, 3.63) is 18.0 Å². The van der Waals surface area contributed by atoms with E-state index in [0.717, 1.165) is 12.8 Å². The van der Waals surface area contributed by atoms with E-state index < -0.39 is 0 Å². The first-order chi connectivity index (χ1) is 5.29. The van der Waals surface area contributed by atoms with Gasteiger partial charge in [-0.1, -0.05) is 0 Å². The van der Waals surface area contributed by atoms with Crippen molar-refractivity contribution in [2.45, 2.75) is 25.8 Å². The van der Waals surface area contributed by atoms with Gasteiger partial charge in [0.1, 0.15) is 6.04 Å². The Morgan fingerprint density at radius 2 is 2.64 bits per heavy atom. The molecule has 1 aromatic rings. The fourth-order valence-electron chi connectivity index (χ4n) is 1.60. The smallest absolute Gasteiger partial charge is 0.154 e. The Labute approximate surface area is 65.0 Å². The molecule has 1 aliphatic rings. The Morgan fingerprint density at radius 3 is 3.36 bits per heavy atom. The Balaban J connectivity index is 2.38. The predicted octanol–water partition coefficient (Wildman–Crippen LogP) is 0.959. The monoisotopic (exact) mass is 150 g/mol. The van der Waals surface area contributed by atoms with Gasteiger partial charge in [0.25, 0.3) is 0 Å². The predicted molar refractivity (Wildman–Crippen MR) is 40.3 cm³/mol. The lowest BCUT2D eigenvalue weighted by molar-refractivity contribution is -0.120. The van der Waals surface area contributed by atoms with Crippen molar-refractivity contribution in [3.8, 4) is 0 Å².